The van der Waals surface area contributed by atoms with E-state index in [9.17, 15) is 9.59 Å². The summed E-state index contributed by atoms with van der Waals surface area (Å²) in [4.78, 5) is 37.3. The molecule has 8 nitrogen and oxygen atoms in total. The molecule has 0 saturated heterocycles. The Morgan fingerprint density at radius 2 is 1.83 bits per heavy atom. The van der Waals surface area contributed by atoms with Crippen LogP contribution in [0.3, 0.4) is 0 Å². The number of nitrogens with zero attached hydrogens (tertiary/aromatic N) is 3. The fourth-order valence-corrected chi connectivity index (χ4v) is 2.63. The van der Waals surface area contributed by atoms with Gasteiger partial charge < -0.3 is 15.4 Å². The van der Waals surface area contributed by atoms with Crippen molar-refractivity contribution in [3.05, 3.63) is 77.5 Å². The van der Waals surface area contributed by atoms with Crippen molar-refractivity contribution in [2.24, 2.45) is 0 Å². The lowest BCUT2D eigenvalue weighted by molar-refractivity contribution is 0.0527. The van der Waals surface area contributed by atoms with Gasteiger partial charge in [-0.25, -0.2) is 14.8 Å². The highest BCUT2D eigenvalue weighted by Crippen LogP contribution is 2.18. The van der Waals surface area contributed by atoms with E-state index in [1.165, 1.54) is 0 Å². The van der Waals surface area contributed by atoms with E-state index in [0.717, 1.165) is 5.56 Å². The number of nitrogens with one attached hydrogen (secondary N) is 2. The number of benzene rings is 1. The molecule has 29 heavy (non-hydrogen) atoms. The van der Waals surface area contributed by atoms with E-state index in [1.54, 1.807) is 56.6 Å². The Bertz CT molecular complexity index is 1010. The number of esters is 1. The van der Waals surface area contributed by atoms with Gasteiger partial charge in [0.1, 0.15) is 17.3 Å². The number of hydrogen-bond donors (Lipinski definition) is 2. The monoisotopic (exact) mass is 391 g/mol. The highest BCUT2D eigenvalue weighted by molar-refractivity contribution is 6.07. The number of ether oxygens (including phenoxy) is 1. The van der Waals surface area contributed by atoms with Gasteiger partial charge in [0.25, 0.3) is 5.91 Å². The Hall–Kier alpha value is -3.81. The number of aromatic nitrogens is 3. The average Bonchev–Trinajstić information content (AvgIpc) is 2.73. The first-order chi connectivity index (χ1) is 14.1. The number of hydrogen-bond acceptors (Lipinski definition) is 7. The first kappa shape index (κ1) is 19.9. The molecule has 0 bridgehead atoms. The molecule has 148 valence electrons. The average molecular weight is 391 g/mol. The Labute approximate surface area is 168 Å². The van der Waals surface area contributed by atoms with Gasteiger partial charge in [-0.2, -0.15) is 0 Å². The molecule has 0 aliphatic rings. The number of pyridine rings is 1. The van der Waals surface area contributed by atoms with Crippen LogP contribution in [0.5, 0.6) is 0 Å². The minimum Gasteiger partial charge on any atom is -0.462 e. The zero-order chi connectivity index (χ0) is 20.6. The summed E-state index contributed by atoms with van der Waals surface area (Å²) in [7, 11) is 0. The number of rotatable bonds is 7. The molecule has 0 saturated carbocycles. The quantitative estimate of drug-likeness (QED) is 0.596. The number of amides is 1. The molecule has 8 heteroatoms. The molecular weight excluding hydrogens is 370 g/mol. The third-order valence-corrected chi connectivity index (χ3v) is 3.96. The third kappa shape index (κ3) is 5.35. The molecule has 0 aliphatic carbocycles. The maximum absolute atomic E-state index is 12.7. The number of aryl methyl sites for hydroxylation is 1. The molecule has 0 aliphatic heterocycles. The van der Waals surface area contributed by atoms with Crippen LogP contribution in [-0.2, 0) is 11.3 Å². The molecule has 2 N–H and O–H groups in total. The van der Waals surface area contributed by atoms with Crippen LogP contribution in [-0.4, -0.2) is 33.4 Å². The molecule has 1 amide bonds. The number of para-hydroxylation sites is 1. The molecule has 3 rings (SSSR count). The Morgan fingerprint density at radius 3 is 2.59 bits per heavy atom. The summed E-state index contributed by atoms with van der Waals surface area (Å²) in [5, 5.41) is 5.90. The van der Waals surface area contributed by atoms with E-state index < -0.39 is 11.9 Å². The fraction of sp³-hybridized carbons (Fsp3) is 0.190. The summed E-state index contributed by atoms with van der Waals surface area (Å²) in [5.41, 5.74) is 1.86. The van der Waals surface area contributed by atoms with E-state index in [-0.39, 0.29) is 17.9 Å². The first-order valence-corrected chi connectivity index (χ1v) is 9.12. The zero-order valence-corrected chi connectivity index (χ0v) is 16.2. The van der Waals surface area contributed by atoms with Crippen LogP contribution < -0.4 is 10.6 Å². The molecular formula is C21H21N5O3. The van der Waals surface area contributed by atoms with Crippen molar-refractivity contribution >= 4 is 23.4 Å². The van der Waals surface area contributed by atoms with Crippen LogP contribution in [0, 0.1) is 6.92 Å². The molecule has 0 fully saturated rings. The van der Waals surface area contributed by atoms with Gasteiger partial charge in [0.2, 0.25) is 0 Å². The Morgan fingerprint density at radius 1 is 1.07 bits per heavy atom. The smallest absolute Gasteiger partial charge is 0.340 e. The maximum Gasteiger partial charge on any atom is 0.340 e. The van der Waals surface area contributed by atoms with Crippen molar-refractivity contribution in [3.63, 3.8) is 0 Å². The minimum absolute atomic E-state index is 0.188. The fourth-order valence-electron chi connectivity index (χ4n) is 2.63. The van der Waals surface area contributed by atoms with Crippen molar-refractivity contribution in [2.45, 2.75) is 20.4 Å². The number of carbonyl (C=O) groups is 2. The predicted molar refractivity (Wildman–Crippen MR) is 109 cm³/mol. The highest BCUT2D eigenvalue weighted by Gasteiger charge is 2.16. The summed E-state index contributed by atoms with van der Waals surface area (Å²) in [6.07, 6.45) is 3.42. The molecule has 0 atom stereocenters. The van der Waals surface area contributed by atoms with Gasteiger partial charge in [-0.3, -0.25) is 9.78 Å². The largest absolute Gasteiger partial charge is 0.462 e. The summed E-state index contributed by atoms with van der Waals surface area (Å²) < 4.78 is 5.04. The van der Waals surface area contributed by atoms with Crippen LogP contribution in [0.25, 0.3) is 0 Å². The van der Waals surface area contributed by atoms with Crippen LogP contribution in [0.4, 0.5) is 11.5 Å². The zero-order valence-electron chi connectivity index (χ0n) is 16.2. The van der Waals surface area contributed by atoms with E-state index in [1.807, 2.05) is 12.1 Å². The summed E-state index contributed by atoms with van der Waals surface area (Å²) in [5.74, 6) is 0.0351. The molecule has 1 aromatic carbocycles. The van der Waals surface area contributed by atoms with Crippen molar-refractivity contribution < 1.29 is 14.3 Å². The van der Waals surface area contributed by atoms with Crippen LogP contribution in [0.1, 0.15) is 39.2 Å². The van der Waals surface area contributed by atoms with Gasteiger partial charge in [-0.05, 0) is 43.7 Å². The van der Waals surface area contributed by atoms with Crippen molar-refractivity contribution in [1.82, 2.24) is 15.0 Å². The van der Waals surface area contributed by atoms with Crippen molar-refractivity contribution in [3.8, 4) is 0 Å². The standard InChI is InChI=1S/C21H21N5O3/c1-3-29-21(28)16-6-4-5-7-17(16)26-20(27)18-12-19(25-14(2)24-18)23-13-15-8-10-22-11-9-15/h4-12H,3,13H2,1-2H3,(H,26,27)(H,23,24,25). The van der Waals surface area contributed by atoms with Gasteiger partial charge in [-0.15, -0.1) is 0 Å². The third-order valence-electron chi connectivity index (χ3n) is 3.96. The van der Waals surface area contributed by atoms with Gasteiger partial charge >= 0.3 is 5.97 Å². The molecule has 3 aromatic rings. The van der Waals surface area contributed by atoms with E-state index in [2.05, 4.69) is 25.6 Å². The summed E-state index contributed by atoms with van der Waals surface area (Å²) in [6.45, 7) is 4.22. The van der Waals surface area contributed by atoms with E-state index in [0.29, 0.717) is 23.9 Å². The lowest BCUT2D eigenvalue weighted by atomic mass is 10.1. The summed E-state index contributed by atoms with van der Waals surface area (Å²) in [6, 6.07) is 12.0. The number of anilines is 2. The van der Waals surface area contributed by atoms with Crippen LogP contribution >= 0.6 is 0 Å². The minimum atomic E-state index is -0.498. The Balaban J connectivity index is 1.76. The summed E-state index contributed by atoms with van der Waals surface area (Å²) >= 11 is 0. The van der Waals surface area contributed by atoms with Gasteiger partial charge in [0.15, 0.2) is 0 Å². The van der Waals surface area contributed by atoms with Gasteiger partial charge in [-0.1, -0.05) is 12.1 Å². The maximum atomic E-state index is 12.7. The van der Waals surface area contributed by atoms with Crippen molar-refractivity contribution in [2.75, 3.05) is 17.2 Å². The van der Waals surface area contributed by atoms with Crippen LogP contribution in [0.2, 0.25) is 0 Å². The highest BCUT2D eigenvalue weighted by atomic mass is 16.5. The topological polar surface area (TPSA) is 106 Å². The molecule has 2 aromatic heterocycles. The van der Waals surface area contributed by atoms with Gasteiger partial charge in [0.05, 0.1) is 17.9 Å². The lowest BCUT2D eigenvalue weighted by Gasteiger charge is -2.11. The van der Waals surface area contributed by atoms with Crippen LogP contribution in [0.15, 0.2) is 54.9 Å². The van der Waals surface area contributed by atoms with E-state index >= 15 is 0 Å². The van der Waals surface area contributed by atoms with E-state index in [4.69, 9.17) is 4.74 Å². The normalized spacial score (nSPS) is 10.3. The number of carbonyl (C=O) groups excluding carboxylic acids is 2. The second kappa shape index (κ2) is 9.41. The second-order valence-electron chi connectivity index (χ2n) is 6.11. The molecule has 0 spiro atoms. The lowest BCUT2D eigenvalue weighted by Crippen LogP contribution is -2.18. The molecule has 0 unspecified atom stereocenters. The molecule has 0 radical (unpaired) electrons. The molecule has 2 heterocycles. The van der Waals surface area contributed by atoms with Crippen molar-refractivity contribution in [1.29, 1.82) is 0 Å². The first-order valence-electron chi connectivity index (χ1n) is 9.12. The van der Waals surface area contributed by atoms with Gasteiger partial charge in [0, 0.05) is 25.0 Å². The SMILES string of the molecule is CCOC(=O)c1ccccc1NC(=O)c1cc(NCc2ccncc2)nc(C)n1. The Kier molecular flexibility index (Phi) is 6.47. The second-order valence-corrected chi connectivity index (χ2v) is 6.11. The predicted octanol–water partition coefficient (Wildman–Crippen LogP) is 3.22.